The highest BCUT2D eigenvalue weighted by molar-refractivity contribution is 6.62. The van der Waals surface area contributed by atoms with Gasteiger partial charge in [0.1, 0.15) is 23.4 Å². The summed E-state index contributed by atoms with van der Waals surface area (Å²) >= 11 is 0. The van der Waals surface area contributed by atoms with Gasteiger partial charge in [-0.15, -0.1) is 0 Å². The summed E-state index contributed by atoms with van der Waals surface area (Å²) in [6.45, 7) is 8.57. The fraction of sp³-hybridized carbons (Fsp3) is 0.519. The van der Waals surface area contributed by atoms with Crippen LogP contribution in [0.3, 0.4) is 0 Å². The molecule has 0 saturated carbocycles. The quantitative estimate of drug-likeness (QED) is 0.443. The van der Waals surface area contributed by atoms with E-state index < -0.39 is 24.4 Å². The number of hydrogen-bond donors (Lipinski definition) is 0. The normalized spacial score (nSPS) is 23.5. The molecule has 2 heterocycles. The number of hydrogen-bond acceptors (Lipinski definition) is 6. The second-order valence-corrected chi connectivity index (χ2v) is 10.6. The minimum atomic E-state index is -0.539. The molecule has 0 amide bonds. The number of carbonyl (C=O) groups is 1. The summed E-state index contributed by atoms with van der Waals surface area (Å²) in [5.74, 6) is 1.03. The molecule has 2 aliphatic heterocycles. The maximum atomic E-state index is 15.0. The average Bonchev–Trinajstić information content (AvgIpc) is 3.46. The van der Waals surface area contributed by atoms with Crippen LogP contribution in [0.4, 0.5) is 4.39 Å². The van der Waals surface area contributed by atoms with Gasteiger partial charge in [-0.25, -0.2) is 4.39 Å². The highest BCUT2D eigenvalue weighted by atomic mass is 19.1. The van der Waals surface area contributed by atoms with E-state index in [9.17, 15) is 4.79 Å². The molecule has 0 N–H and O–H groups in total. The Balaban J connectivity index is 1.34. The van der Waals surface area contributed by atoms with E-state index in [0.29, 0.717) is 43.6 Å². The van der Waals surface area contributed by atoms with Crippen molar-refractivity contribution >= 4 is 18.6 Å². The van der Waals surface area contributed by atoms with Crippen LogP contribution in [0.2, 0.25) is 0 Å². The average molecular weight is 482 g/mol. The lowest BCUT2D eigenvalue weighted by atomic mass is 9.75. The second kappa shape index (κ2) is 8.82. The topological polar surface area (TPSA) is 63.2 Å². The first-order valence-electron chi connectivity index (χ1n) is 12.3. The molecule has 2 atom stereocenters. The first-order chi connectivity index (χ1) is 16.6. The van der Waals surface area contributed by atoms with Gasteiger partial charge in [-0.1, -0.05) is 12.1 Å². The Bertz CT molecular complexity index is 1130. The van der Waals surface area contributed by atoms with E-state index in [0.717, 1.165) is 22.3 Å². The van der Waals surface area contributed by atoms with Crippen molar-refractivity contribution in [2.24, 2.45) is 0 Å². The highest BCUT2D eigenvalue weighted by Crippen LogP contribution is 2.43. The molecule has 0 bridgehead atoms. The van der Waals surface area contributed by atoms with Gasteiger partial charge in [0.25, 0.3) is 0 Å². The minimum Gasteiger partial charge on any atom is -0.493 e. The number of rotatable bonds is 6. The molecule has 2 unspecified atom stereocenters. The Morgan fingerprint density at radius 3 is 2.60 bits per heavy atom. The fourth-order valence-electron chi connectivity index (χ4n) is 5.14. The Hall–Kier alpha value is -2.58. The van der Waals surface area contributed by atoms with Crippen molar-refractivity contribution in [2.45, 2.75) is 76.6 Å². The Kier molecular flexibility index (Phi) is 6.08. The number of halogens is 1. The SMILES string of the molecule is COC(=O)CCC1COc2cc(OC3CCc4c(B5OC(C)(C)C(C)(C)O5)ccc(F)c43)ccc21. The van der Waals surface area contributed by atoms with E-state index >= 15 is 4.39 Å². The van der Waals surface area contributed by atoms with Gasteiger partial charge in [-0.3, -0.25) is 4.79 Å². The third kappa shape index (κ3) is 4.31. The third-order valence-electron chi connectivity index (χ3n) is 7.89. The molecule has 0 spiro atoms. The zero-order valence-corrected chi connectivity index (χ0v) is 21.0. The lowest BCUT2D eigenvalue weighted by molar-refractivity contribution is -0.140. The van der Waals surface area contributed by atoms with Gasteiger partial charge >= 0.3 is 13.1 Å². The van der Waals surface area contributed by atoms with Crippen molar-refractivity contribution in [3.05, 3.63) is 52.8 Å². The van der Waals surface area contributed by atoms with E-state index in [-0.39, 0.29) is 17.7 Å². The van der Waals surface area contributed by atoms with E-state index in [1.54, 1.807) is 6.07 Å². The molecule has 1 fully saturated rings. The molecule has 5 rings (SSSR count). The standard InChI is InChI=1S/C27H32BFO6/c1-26(2)27(3,4)35-28(34-26)20-10-11-21(29)25-19(20)9-12-22(25)33-17-7-8-18-16(6-13-24(30)31-5)15-32-23(18)14-17/h7-8,10-11,14,16,22H,6,9,12-13,15H2,1-5H3. The van der Waals surface area contributed by atoms with Gasteiger partial charge in [0.2, 0.25) is 0 Å². The van der Waals surface area contributed by atoms with Crippen molar-refractivity contribution in [3.8, 4) is 11.5 Å². The Morgan fingerprint density at radius 2 is 1.89 bits per heavy atom. The predicted octanol–water partition coefficient (Wildman–Crippen LogP) is 4.62. The summed E-state index contributed by atoms with van der Waals surface area (Å²) in [4.78, 5) is 11.5. The Morgan fingerprint density at radius 1 is 1.14 bits per heavy atom. The van der Waals surface area contributed by atoms with Crippen LogP contribution in [-0.2, 0) is 25.3 Å². The van der Waals surface area contributed by atoms with Gasteiger partial charge in [-0.2, -0.15) is 0 Å². The minimum absolute atomic E-state index is 0.144. The number of fused-ring (bicyclic) bond motifs is 2. The summed E-state index contributed by atoms with van der Waals surface area (Å²) in [6, 6.07) is 9.00. The van der Waals surface area contributed by atoms with E-state index in [1.807, 2.05) is 45.9 Å². The number of benzene rings is 2. The number of esters is 1. The van der Waals surface area contributed by atoms with Crippen molar-refractivity contribution in [1.29, 1.82) is 0 Å². The van der Waals surface area contributed by atoms with Gasteiger partial charge in [0.15, 0.2) is 0 Å². The molecular formula is C27H32BFO6. The summed E-state index contributed by atoms with van der Waals surface area (Å²) in [5, 5.41) is 0. The van der Waals surface area contributed by atoms with Crippen LogP contribution < -0.4 is 14.9 Å². The van der Waals surface area contributed by atoms with E-state index in [1.165, 1.54) is 13.2 Å². The zero-order valence-electron chi connectivity index (χ0n) is 21.0. The summed E-state index contributed by atoms with van der Waals surface area (Å²) in [7, 11) is 0.858. The fourth-order valence-corrected chi connectivity index (χ4v) is 5.14. The second-order valence-electron chi connectivity index (χ2n) is 10.6. The monoisotopic (exact) mass is 482 g/mol. The first-order valence-corrected chi connectivity index (χ1v) is 12.3. The lowest BCUT2D eigenvalue weighted by Crippen LogP contribution is -2.41. The van der Waals surface area contributed by atoms with Gasteiger partial charge in [-0.05, 0) is 70.1 Å². The van der Waals surface area contributed by atoms with Crippen LogP contribution in [0.1, 0.15) is 75.7 Å². The molecule has 8 heteroatoms. The van der Waals surface area contributed by atoms with Crippen LogP contribution in [0.25, 0.3) is 0 Å². The maximum Gasteiger partial charge on any atom is 0.495 e. The van der Waals surface area contributed by atoms with E-state index in [2.05, 4.69) is 0 Å². The van der Waals surface area contributed by atoms with Crippen LogP contribution in [0.15, 0.2) is 30.3 Å². The summed E-state index contributed by atoms with van der Waals surface area (Å²) in [6.07, 6.45) is 1.98. The van der Waals surface area contributed by atoms with Gasteiger partial charge in [0.05, 0.1) is 24.9 Å². The van der Waals surface area contributed by atoms with Crippen LogP contribution in [0.5, 0.6) is 11.5 Å². The molecule has 2 aromatic rings. The largest absolute Gasteiger partial charge is 0.495 e. The Labute approximate surface area is 206 Å². The molecule has 0 radical (unpaired) electrons. The maximum absolute atomic E-state index is 15.0. The highest BCUT2D eigenvalue weighted by Gasteiger charge is 2.52. The smallest absolute Gasteiger partial charge is 0.493 e. The molecule has 1 saturated heterocycles. The van der Waals surface area contributed by atoms with Crippen molar-refractivity contribution in [3.63, 3.8) is 0 Å². The molecule has 1 aliphatic carbocycles. The predicted molar refractivity (Wildman–Crippen MR) is 130 cm³/mol. The lowest BCUT2D eigenvalue weighted by Gasteiger charge is -2.32. The molecule has 6 nitrogen and oxygen atoms in total. The van der Waals surface area contributed by atoms with E-state index in [4.69, 9.17) is 23.5 Å². The van der Waals surface area contributed by atoms with Crippen molar-refractivity contribution < 1.29 is 32.7 Å². The molecule has 186 valence electrons. The van der Waals surface area contributed by atoms with Crippen LogP contribution >= 0.6 is 0 Å². The first kappa shape index (κ1) is 24.1. The molecular weight excluding hydrogens is 450 g/mol. The molecule has 3 aliphatic rings. The molecule has 0 aromatic heterocycles. The third-order valence-corrected chi connectivity index (χ3v) is 7.89. The summed E-state index contributed by atoms with van der Waals surface area (Å²) < 4.78 is 44.4. The van der Waals surface area contributed by atoms with Gasteiger partial charge in [0, 0.05) is 29.5 Å². The van der Waals surface area contributed by atoms with Crippen LogP contribution in [-0.4, -0.2) is 38.0 Å². The van der Waals surface area contributed by atoms with Crippen molar-refractivity contribution in [1.82, 2.24) is 0 Å². The number of ether oxygens (including phenoxy) is 3. The zero-order chi connectivity index (χ0) is 25.0. The molecule has 2 aromatic carbocycles. The van der Waals surface area contributed by atoms with Gasteiger partial charge < -0.3 is 23.5 Å². The number of carbonyl (C=O) groups excluding carboxylic acids is 1. The molecule has 35 heavy (non-hydrogen) atoms. The van der Waals surface area contributed by atoms with Crippen LogP contribution in [0, 0.1) is 5.82 Å². The van der Waals surface area contributed by atoms with Crippen molar-refractivity contribution in [2.75, 3.05) is 13.7 Å². The number of methoxy groups -OCH3 is 1. The summed E-state index contributed by atoms with van der Waals surface area (Å²) in [5.41, 5.74) is 2.49.